The monoisotopic (exact) mass is 247 g/mol. The molecule has 1 saturated carbocycles. The lowest BCUT2D eigenvalue weighted by Gasteiger charge is -2.16. The molecular weight excluding hydrogens is 226 g/mol. The van der Waals surface area contributed by atoms with Crippen LogP contribution in [0.4, 0.5) is 0 Å². The second-order valence-corrected chi connectivity index (χ2v) is 4.91. The molecule has 1 aromatic rings. The molecule has 1 fully saturated rings. The van der Waals surface area contributed by atoms with E-state index in [4.69, 9.17) is 5.73 Å². The maximum absolute atomic E-state index is 11.2. The molecule has 1 aliphatic carbocycles. The lowest BCUT2D eigenvalue weighted by atomic mass is 10.1. The molecule has 1 amide bonds. The SMILES string of the molecule is CN(CCNCc1ccccc1C(N)=O)C1CC1. The standard InChI is InChI=1S/C14H21N3O/c1-17(12-6-7-12)9-8-16-10-11-4-2-3-5-13(11)14(15)18/h2-5,12,16H,6-10H2,1H3,(H2,15,18). The summed E-state index contributed by atoms with van der Waals surface area (Å²) in [5.74, 6) is -0.359. The molecule has 0 aliphatic heterocycles. The van der Waals surface area contributed by atoms with E-state index >= 15 is 0 Å². The molecule has 18 heavy (non-hydrogen) atoms. The lowest BCUT2D eigenvalue weighted by Crippen LogP contribution is -2.30. The van der Waals surface area contributed by atoms with Crippen LogP contribution in [0.2, 0.25) is 0 Å². The molecule has 98 valence electrons. The fourth-order valence-electron chi connectivity index (χ4n) is 2.09. The molecule has 0 heterocycles. The maximum atomic E-state index is 11.2. The van der Waals surface area contributed by atoms with Gasteiger partial charge in [-0.1, -0.05) is 18.2 Å². The molecule has 0 unspecified atom stereocenters. The van der Waals surface area contributed by atoms with Crippen molar-refractivity contribution >= 4 is 5.91 Å². The number of amides is 1. The Balaban J connectivity index is 1.77. The molecule has 1 aliphatic rings. The van der Waals surface area contributed by atoms with E-state index in [2.05, 4.69) is 17.3 Å². The van der Waals surface area contributed by atoms with Gasteiger partial charge in [0.1, 0.15) is 0 Å². The normalized spacial score (nSPS) is 15.0. The van der Waals surface area contributed by atoms with Crippen LogP contribution in [0.15, 0.2) is 24.3 Å². The number of likely N-dealkylation sites (N-methyl/N-ethyl adjacent to an activating group) is 1. The predicted octanol–water partition coefficient (Wildman–Crippen LogP) is 0.969. The van der Waals surface area contributed by atoms with E-state index in [1.54, 1.807) is 6.07 Å². The van der Waals surface area contributed by atoms with Crippen LogP contribution in [0.3, 0.4) is 0 Å². The summed E-state index contributed by atoms with van der Waals surface area (Å²) >= 11 is 0. The Hall–Kier alpha value is -1.39. The number of carbonyl (C=O) groups is 1. The Kier molecular flexibility index (Phi) is 4.33. The number of hydrogen-bond donors (Lipinski definition) is 2. The van der Waals surface area contributed by atoms with Gasteiger partial charge in [-0.15, -0.1) is 0 Å². The Morgan fingerprint density at radius 1 is 1.44 bits per heavy atom. The largest absolute Gasteiger partial charge is 0.366 e. The number of rotatable bonds is 7. The fourth-order valence-corrected chi connectivity index (χ4v) is 2.09. The van der Waals surface area contributed by atoms with E-state index in [-0.39, 0.29) is 5.91 Å². The summed E-state index contributed by atoms with van der Waals surface area (Å²) in [4.78, 5) is 13.6. The van der Waals surface area contributed by atoms with Crippen molar-refractivity contribution in [3.63, 3.8) is 0 Å². The third kappa shape index (κ3) is 3.55. The van der Waals surface area contributed by atoms with Gasteiger partial charge >= 0.3 is 0 Å². The summed E-state index contributed by atoms with van der Waals surface area (Å²) in [6.07, 6.45) is 2.67. The third-order valence-electron chi connectivity index (χ3n) is 3.41. The molecule has 0 atom stereocenters. The Morgan fingerprint density at radius 2 is 2.17 bits per heavy atom. The van der Waals surface area contributed by atoms with E-state index in [0.717, 1.165) is 24.7 Å². The zero-order valence-corrected chi connectivity index (χ0v) is 10.9. The second-order valence-electron chi connectivity index (χ2n) is 4.91. The number of carbonyl (C=O) groups excluding carboxylic acids is 1. The van der Waals surface area contributed by atoms with Gasteiger partial charge < -0.3 is 16.0 Å². The van der Waals surface area contributed by atoms with Crippen molar-refractivity contribution in [2.24, 2.45) is 5.73 Å². The van der Waals surface area contributed by atoms with Crippen LogP contribution >= 0.6 is 0 Å². The maximum Gasteiger partial charge on any atom is 0.249 e. The quantitative estimate of drug-likeness (QED) is 0.706. The van der Waals surface area contributed by atoms with Gasteiger partial charge in [-0.3, -0.25) is 4.79 Å². The van der Waals surface area contributed by atoms with Gasteiger partial charge in [0.15, 0.2) is 0 Å². The van der Waals surface area contributed by atoms with Gasteiger partial charge in [-0.25, -0.2) is 0 Å². The van der Waals surface area contributed by atoms with Crippen molar-refractivity contribution in [2.45, 2.75) is 25.4 Å². The van der Waals surface area contributed by atoms with E-state index in [1.165, 1.54) is 12.8 Å². The highest BCUT2D eigenvalue weighted by molar-refractivity contribution is 5.94. The van der Waals surface area contributed by atoms with E-state index in [9.17, 15) is 4.79 Å². The average molecular weight is 247 g/mol. The number of nitrogens with two attached hydrogens (primary N) is 1. The van der Waals surface area contributed by atoms with Gasteiger partial charge in [0, 0.05) is 31.2 Å². The minimum Gasteiger partial charge on any atom is -0.366 e. The van der Waals surface area contributed by atoms with E-state index in [1.807, 2.05) is 18.2 Å². The first-order valence-corrected chi connectivity index (χ1v) is 6.47. The molecule has 0 radical (unpaired) electrons. The van der Waals surface area contributed by atoms with Crippen molar-refractivity contribution in [1.82, 2.24) is 10.2 Å². The van der Waals surface area contributed by atoms with Crippen molar-refractivity contribution < 1.29 is 4.79 Å². The summed E-state index contributed by atoms with van der Waals surface area (Å²) in [6.45, 7) is 2.67. The average Bonchev–Trinajstić information content (AvgIpc) is 3.19. The molecule has 0 aromatic heterocycles. The van der Waals surface area contributed by atoms with Crippen molar-refractivity contribution in [1.29, 1.82) is 0 Å². The molecule has 0 bridgehead atoms. The van der Waals surface area contributed by atoms with Crippen molar-refractivity contribution in [3.8, 4) is 0 Å². The topological polar surface area (TPSA) is 58.4 Å². The Labute approximate surface area is 108 Å². The zero-order valence-electron chi connectivity index (χ0n) is 10.9. The van der Waals surface area contributed by atoms with Gasteiger partial charge in [0.25, 0.3) is 0 Å². The molecule has 2 rings (SSSR count). The number of primary amides is 1. The first-order valence-electron chi connectivity index (χ1n) is 6.47. The molecule has 0 saturated heterocycles. The van der Waals surface area contributed by atoms with Gasteiger partial charge in [0.05, 0.1) is 0 Å². The minimum absolute atomic E-state index is 0.359. The van der Waals surface area contributed by atoms with Gasteiger partial charge in [-0.05, 0) is 31.5 Å². The first kappa shape index (κ1) is 13.1. The summed E-state index contributed by atoms with van der Waals surface area (Å²) < 4.78 is 0. The van der Waals surface area contributed by atoms with Crippen LogP contribution in [0.5, 0.6) is 0 Å². The van der Waals surface area contributed by atoms with Crippen LogP contribution in [0.1, 0.15) is 28.8 Å². The predicted molar refractivity (Wildman–Crippen MR) is 72.3 cm³/mol. The number of nitrogens with zero attached hydrogens (tertiary/aromatic N) is 1. The van der Waals surface area contributed by atoms with Gasteiger partial charge in [0.2, 0.25) is 5.91 Å². The highest BCUT2D eigenvalue weighted by Gasteiger charge is 2.25. The zero-order chi connectivity index (χ0) is 13.0. The third-order valence-corrected chi connectivity index (χ3v) is 3.41. The van der Waals surface area contributed by atoms with Crippen LogP contribution < -0.4 is 11.1 Å². The summed E-state index contributed by atoms with van der Waals surface area (Å²) in [7, 11) is 2.16. The smallest absolute Gasteiger partial charge is 0.249 e. The number of nitrogens with one attached hydrogen (secondary N) is 1. The van der Waals surface area contributed by atoms with Crippen LogP contribution in [0, 0.1) is 0 Å². The highest BCUT2D eigenvalue weighted by atomic mass is 16.1. The Bertz CT molecular complexity index is 415. The molecule has 3 N–H and O–H groups in total. The molecule has 0 spiro atoms. The second kappa shape index (κ2) is 5.98. The molecule has 1 aromatic carbocycles. The van der Waals surface area contributed by atoms with E-state index in [0.29, 0.717) is 12.1 Å². The summed E-state index contributed by atoms with van der Waals surface area (Å²) in [6, 6.07) is 8.28. The number of benzene rings is 1. The van der Waals surface area contributed by atoms with Crippen LogP contribution in [-0.2, 0) is 6.54 Å². The molecule has 4 heteroatoms. The summed E-state index contributed by atoms with van der Waals surface area (Å²) in [5.41, 5.74) is 6.92. The lowest BCUT2D eigenvalue weighted by molar-refractivity contribution is 0.0999. The van der Waals surface area contributed by atoms with Crippen molar-refractivity contribution in [2.75, 3.05) is 20.1 Å². The van der Waals surface area contributed by atoms with Crippen LogP contribution in [-0.4, -0.2) is 37.0 Å². The van der Waals surface area contributed by atoms with Crippen molar-refractivity contribution in [3.05, 3.63) is 35.4 Å². The minimum atomic E-state index is -0.359. The molecular formula is C14H21N3O. The highest BCUT2D eigenvalue weighted by Crippen LogP contribution is 2.24. The Morgan fingerprint density at radius 3 is 2.83 bits per heavy atom. The van der Waals surface area contributed by atoms with Gasteiger partial charge in [-0.2, -0.15) is 0 Å². The van der Waals surface area contributed by atoms with Crippen LogP contribution in [0.25, 0.3) is 0 Å². The number of hydrogen-bond acceptors (Lipinski definition) is 3. The summed E-state index contributed by atoms with van der Waals surface area (Å²) in [5, 5.41) is 3.36. The fraction of sp³-hybridized carbons (Fsp3) is 0.500. The molecule has 4 nitrogen and oxygen atoms in total. The van der Waals surface area contributed by atoms with E-state index < -0.39 is 0 Å². The first-order chi connectivity index (χ1) is 8.68.